The van der Waals surface area contributed by atoms with Crippen LogP contribution in [0.3, 0.4) is 0 Å². The van der Waals surface area contributed by atoms with E-state index >= 15 is 0 Å². The lowest BCUT2D eigenvalue weighted by molar-refractivity contribution is 1.44. The van der Waals surface area contributed by atoms with Gasteiger partial charge in [0.1, 0.15) is 9.98 Å². The van der Waals surface area contributed by atoms with E-state index in [1.54, 1.807) is 6.07 Å². The van der Waals surface area contributed by atoms with Crippen molar-refractivity contribution in [3.05, 3.63) is 34.9 Å². The summed E-state index contributed by atoms with van der Waals surface area (Å²) in [5, 5.41) is 0. The van der Waals surface area contributed by atoms with Crippen LogP contribution in [0.1, 0.15) is 16.7 Å². The van der Waals surface area contributed by atoms with Crippen LogP contribution in [0.15, 0.2) is 18.2 Å². The third-order valence-electron chi connectivity index (χ3n) is 1.65. The molecule has 0 fully saturated rings. The van der Waals surface area contributed by atoms with Crippen molar-refractivity contribution in [1.29, 1.82) is 0 Å². The average molecular weight is 210 g/mol. The van der Waals surface area contributed by atoms with Crippen LogP contribution < -0.4 is 11.5 Å². The first-order chi connectivity index (χ1) is 6.00. The number of hydrogen-bond donors (Lipinski definition) is 2. The quantitative estimate of drug-likeness (QED) is 0.722. The minimum atomic E-state index is 0.362. The number of thiocarbonyl (C=S) groups is 2. The van der Waals surface area contributed by atoms with Crippen LogP contribution in [0.5, 0.6) is 0 Å². The van der Waals surface area contributed by atoms with E-state index in [0.717, 1.165) is 16.7 Å². The summed E-state index contributed by atoms with van der Waals surface area (Å²) in [5.74, 6) is 0. The van der Waals surface area contributed by atoms with Gasteiger partial charge in [0.15, 0.2) is 0 Å². The Balaban J connectivity index is 3.26. The van der Waals surface area contributed by atoms with Crippen molar-refractivity contribution >= 4 is 34.4 Å². The molecule has 0 aliphatic rings. The van der Waals surface area contributed by atoms with Crippen molar-refractivity contribution in [2.75, 3.05) is 0 Å². The van der Waals surface area contributed by atoms with Gasteiger partial charge in [-0.15, -0.1) is 0 Å². The minimum Gasteiger partial charge on any atom is -0.389 e. The monoisotopic (exact) mass is 210 g/mol. The molecule has 0 atom stereocenters. The molecular formula is C9H10N2S2. The molecule has 68 valence electrons. The Morgan fingerprint density at radius 2 is 1.38 bits per heavy atom. The smallest absolute Gasteiger partial charge is 0.104 e. The van der Waals surface area contributed by atoms with Crippen LogP contribution in [0.2, 0.25) is 0 Å². The van der Waals surface area contributed by atoms with Gasteiger partial charge in [0.25, 0.3) is 0 Å². The van der Waals surface area contributed by atoms with Crippen molar-refractivity contribution in [3.8, 4) is 0 Å². The van der Waals surface area contributed by atoms with Gasteiger partial charge in [0, 0.05) is 11.1 Å². The number of benzene rings is 1. The fourth-order valence-corrected chi connectivity index (χ4v) is 1.30. The second-order valence-corrected chi connectivity index (χ2v) is 3.70. The van der Waals surface area contributed by atoms with Crippen molar-refractivity contribution in [1.82, 2.24) is 0 Å². The van der Waals surface area contributed by atoms with Gasteiger partial charge >= 0.3 is 0 Å². The second kappa shape index (κ2) is 3.81. The van der Waals surface area contributed by atoms with Crippen molar-refractivity contribution in [2.45, 2.75) is 6.92 Å². The summed E-state index contributed by atoms with van der Waals surface area (Å²) in [6, 6.07) is 5.62. The Labute approximate surface area is 87.9 Å². The molecule has 1 aromatic rings. The molecule has 0 saturated carbocycles. The molecule has 1 rings (SSSR count). The summed E-state index contributed by atoms with van der Waals surface area (Å²) < 4.78 is 0. The maximum Gasteiger partial charge on any atom is 0.104 e. The first kappa shape index (κ1) is 10.1. The van der Waals surface area contributed by atoms with Crippen molar-refractivity contribution in [2.24, 2.45) is 11.5 Å². The molecule has 0 unspecified atom stereocenters. The van der Waals surface area contributed by atoms with E-state index in [9.17, 15) is 0 Å². The number of hydrogen-bond acceptors (Lipinski definition) is 2. The normalized spacial score (nSPS) is 9.62. The zero-order valence-corrected chi connectivity index (χ0v) is 8.84. The highest BCUT2D eigenvalue weighted by atomic mass is 32.1. The molecule has 13 heavy (non-hydrogen) atoms. The van der Waals surface area contributed by atoms with E-state index in [1.807, 2.05) is 19.1 Å². The lowest BCUT2D eigenvalue weighted by atomic mass is 10.1. The Morgan fingerprint density at radius 3 is 1.69 bits per heavy atom. The molecule has 0 bridgehead atoms. The van der Waals surface area contributed by atoms with E-state index in [1.165, 1.54) is 0 Å². The lowest BCUT2D eigenvalue weighted by Gasteiger charge is -2.04. The third kappa shape index (κ3) is 2.47. The molecule has 0 aliphatic heterocycles. The van der Waals surface area contributed by atoms with Crippen LogP contribution in [0, 0.1) is 6.92 Å². The Kier molecular flexibility index (Phi) is 2.95. The van der Waals surface area contributed by atoms with E-state index < -0.39 is 0 Å². The third-order valence-corrected chi connectivity index (χ3v) is 2.12. The summed E-state index contributed by atoms with van der Waals surface area (Å²) in [6.07, 6.45) is 0. The predicted molar refractivity (Wildman–Crippen MR) is 63.0 cm³/mol. The van der Waals surface area contributed by atoms with Crippen LogP contribution in [0.25, 0.3) is 0 Å². The molecule has 1 aromatic carbocycles. The second-order valence-electron chi connectivity index (χ2n) is 2.82. The molecule has 0 spiro atoms. The number of nitrogens with two attached hydrogens (primary N) is 2. The highest BCUT2D eigenvalue weighted by molar-refractivity contribution is 7.81. The van der Waals surface area contributed by atoms with Gasteiger partial charge in [-0.3, -0.25) is 0 Å². The van der Waals surface area contributed by atoms with Crippen molar-refractivity contribution < 1.29 is 0 Å². The minimum absolute atomic E-state index is 0.362. The molecule has 0 amide bonds. The molecule has 4 N–H and O–H groups in total. The van der Waals surface area contributed by atoms with Gasteiger partial charge in [0.2, 0.25) is 0 Å². The molecule has 4 heteroatoms. The molecule has 0 aliphatic carbocycles. The van der Waals surface area contributed by atoms with E-state index in [2.05, 4.69) is 0 Å². The maximum atomic E-state index is 5.50. The molecule has 2 nitrogen and oxygen atoms in total. The summed E-state index contributed by atoms with van der Waals surface area (Å²) in [4.78, 5) is 0.724. The summed E-state index contributed by atoms with van der Waals surface area (Å²) in [6.45, 7) is 1.95. The van der Waals surface area contributed by atoms with Crippen LogP contribution in [-0.2, 0) is 0 Å². The van der Waals surface area contributed by atoms with Crippen LogP contribution >= 0.6 is 24.4 Å². The number of rotatable bonds is 2. The van der Waals surface area contributed by atoms with Gasteiger partial charge in [-0.2, -0.15) is 0 Å². The molecule has 0 aromatic heterocycles. The first-order valence-electron chi connectivity index (χ1n) is 3.72. The fourth-order valence-electron chi connectivity index (χ4n) is 1.07. The Bertz CT molecular complexity index is 340. The first-order valence-corrected chi connectivity index (χ1v) is 4.53. The fraction of sp³-hybridized carbons (Fsp3) is 0.111. The molecular weight excluding hydrogens is 200 g/mol. The summed E-state index contributed by atoms with van der Waals surface area (Å²) in [7, 11) is 0. The number of aryl methyl sites for hydroxylation is 1. The molecule has 0 radical (unpaired) electrons. The van der Waals surface area contributed by atoms with Gasteiger partial charge in [-0.05, 0) is 30.7 Å². The average Bonchev–Trinajstić information content (AvgIpc) is 2.03. The highest BCUT2D eigenvalue weighted by Gasteiger charge is 2.02. The van der Waals surface area contributed by atoms with Gasteiger partial charge in [-0.1, -0.05) is 24.4 Å². The largest absolute Gasteiger partial charge is 0.389 e. The van der Waals surface area contributed by atoms with Crippen LogP contribution in [-0.4, -0.2) is 9.98 Å². The van der Waals surface area contributed by atoms with E-state index in [-0.39, 0.29) is 0 Å². The summed E-state index contributed by atoms with van der Waals surface area (Å²) in [5.41, 5.74) is 13.7. The topological polar surface area (TPSA) is 52.0 Å². The van der Waals surface area contributed by atoms with Gasteiger partial charge in [-0.25, -0.2) is 0 Å². The van der Waals surface area contributed by atoms with Gasteiger partial charge in [0.05, 0.1) is 0 Å². The van der Waals surface area contributed by atoms with E-state index in [0.29, 0.717) is 9.98 Å². The Morgan fingerprint density at radius 1 is 1.00 bits per heavy atom. The maximum absolute atomic E-state index is 5.50. The van der Waals surface area contributed by atoms with Crippen molar-refractivity contribution in [3.63, 3.8) is 0 Å². The predicted octanol–water partition coefficient (Wildman–Crippen LogP) is 1.26. The standard InChI is InChI=1S/C9H10N2S2/c1-5-2-6(8(10)12)4-7(3-5)9(11)13/h2-4H,1H3,(H2,10,12)(H2,11,13). The van der Waals surface area contributed by atoms with Crippen LogP contribution in [0.4, 0.5) is 0 Å². The zero-order chi connectivity index (χ0) is 10.0. The molecule has 0 heterocycles. The molecule has 0 saturated heterocycles. The zero-order valence-electron chi connectivity index (χ0n) is 7.20. The summed E-state index contributed by atoms with van der Waals surface area (Å²) >= 11 is 9.72. The highest BCUT2D eigenvalue weighted by Crippen LogP contribution is 2.09. The van der Waals surface area contributed by atoms with E-state index in [4.69, 9.17) is 35.9 Å². The Hall–Kier alpha value is -1.00. The SMILES string of the molecule is Cc1cc(C(N)=S)cc(C(N)=S)c1. The lowest BCUT2D eigenvalue weighted by Crippen LogP contribution is -2.14. The van der Waals surface area contributed by atoms with Gasteiger partial charge < -0.3 is 11.5 Å².